The first kappa shape index (κ1) is 64.6. The number of amides is 1. The second-order valence-corrected chi connectivity index (χ2v) is 17.6. The quantitative estimate of drug-likeness (QED) is 0.0262. The van der Waals surface area contributed by atoms with Crippen molar-refractivity contribution in [3.63, 3.8) is 0 Å². The van der Waals surface area contributed by atoms with Crippen molar-refractivity contribution in [3.05, 3.63) is 170 Å². The average molecular weight is 982 g/mol. The predicted molar refractivity (Wildman–Crippen MR) is 299 cm³/mol. The maximum atomic E-state index is 13.0. The molecule has 1 fully saturated rings. The summed E-state index contributed by atoms with van der Waals surface area (Å²) in [5.74, 6) is -0.234. The molecule has 0 spiro atoms. The van der Waals surface area contributed by atoms with E-state index < -0.39 is 49.5 Å². The summed E-state index contributed by atoms with van der Waals surface area (Å²) in [5.41, 5.74) is 0. The summed E-state index contributed by atoms with van der Waals surface area (Å²) in [4.78, 5) is 13.0. The number of unbranched alkanes of at least 4 members (excludes halogenated alkanes) is 6. The van der Waals surface area contributed by atoms with Crippen LogP contribution in [-0.4, -0.2) is 87.5 Å². The van der Waals surface area contributed by atoms with Crippen LogP contribution in [0.15, 0.2) is 170 Å². The Morgan fingerprint density at radius 3 is 1.31 bits per heavy atom. The molecule has 71 heavy (non-hydrogen) atoms. The number of aliphatic hydroxyl groups excluding tert-OH is 5. The zero-order valence-corrected chi connectivity index (χ0v) is 43.6. The molecule has 1 aliphatic heterocycles. The Kier molecular flexibility index (Phi) is 44.7. The van der Waals surface area contributed by atoms with Gasteiger partial charge in [0.1, 0.15) is 24.4 Å². The van der Waals surface area contributed by atoms with Crippen LogP contribution in [0.2, 0.25) is 0 Å². The minimum absolute atomic E-state index is 0.232. The first-order valence-electron chi connectivity index (χ1n) is 26.9. The van der Waals surface area contributed by atoms with E-state index in [0.717, 1.165) is 122 Å². The molecule has 0 radical (unpaired) electrons. The first-order chi connectivity index (χ1) is 34.8. The summed E-state index contributed by atoms with van der Waals surface area (Å²) in [6.45, 7) is 3.50. The van der Waals surface area contributed by atoms with Gasteiger partial charge in [0.05, 0.1) is 25.4 Å². The van der Waals surface area contributed by atoms with Gasteiger partial charge in [0.15, 0.2) is 6.29 Å². The molecular weight excluding hydrogens is 887 g/mol. The molecule has 0 aromatic carbocycles. The molecule has 1 amide bonds. The molecule has 9 heteroatoms. The number of hydrogen-bond donors (Lipinski definition) is 6. The summed E-state index contributed by atoms with van der Waals surface area (Å²) in [7, 11) is 0. The summed E-state index contributed by atoms with van der Waals surface area (Å²) in [6.07, 6.45) is 72.8. The Balaban J connectivity index is 2.24. The lowest BCUT2D eigenvalue weighted by Gasteiger charge is -2.40. The minimum atomic E-state index is -1.59. The normalized spacial score (nSPS) is 20.7. The monoisotopic (exact) mass is 982 g/mol. The van der Waals surface area contributed by atoms with Gasteiger partial charge in [-0.15, -0.1) is 0 Å². The Morgan fingerprint density at radius 1 is 0.493 bits per heavy atom. The number of aliphatic hydroxyl groups is 5. The van der Waals surface area contributed by atoms with Crippen LogP contribution in [-0.2, 0) is 14.3 Å². The van der Waals surface area contributed by atoms with E-state index in [1.165, 1.54) is 0 Å². The predicted octanol–water partition coefficient (Wildman–Crippen LogP) is 13.1. The summed E-state index contributed by atoms with van der Waals surface area (Å²) in [6, 6.07) is -0.858. The number of rotatable bonds is 42. The molecule has 0 bridgehead atoms. The lowest BCUT2D eigenvalue weighted by molar-refractivity contribution is -0.302. The van der Waals surface area contributed by atoms with Crippen molar-refractivity contribution in [1.29, 1.82) is 0 Å². The largest absolute Gasteiger partial charge is 0.394 e. The van der Waals surface area contributed by atoms with E-state index in [-0.39, 0.29) is 18.9 Å². The molecule has 1 saturated heterocycles. The van der Waals surface area contributed by atoms with Gasteiger partial charge in [-0.2, -0.15) is 0 Å². The minimum Gasteiger partial charge on any atom is -0.394 e. The Hall–Kier alpha value is -4.45. The van der Waals surface area contributed by atoms with Gasteiger partial charge in [0.25, 0.3) is 0 Å². The third kappa shape index (κ3) is 38.8. The zero-order valence-electron chi connectivity index (χ0n) is 43.6. The van der Waals surface area contributed by atoms with Gasteiger partial charge >= 0.3 is 0 Å². The standard InChI is InChI=1S/C62H95NO8/c1-3-5-7-9-11-13-15-16-17-18-19-20-21-22-23-24-25-26-27-28-29-30-31-32-33-34-35-36-37-38-39-40-42-44-46-48-50-52-58(66)63-55(54-70-62-61(69)60(68)59(67)57(53-64)71-62)56(65)51-49-47-45-43-41-14-12-10-8-6-4-2/h5,7-8,10-11,13,16-17,19-20,22-23,25-26,28-29,31-32,34-35,37-38,40-43,49,51,55-57,59-62,64-65,67-69H,3-4,6,9,12,14-15,18,21,24,27,30,33,36,39,44-48,50,52-54H2,1-2H3,(H,63,66)/b7-5-,10-8+,13-11-,17-16-,20-19-,23-22-,26-25-,29-28-,32-31-,35-34-,38-37-,42-40-,43-41+,51-49+. The fourth-order valence-corrected chi connectivity index (χ4v) is 7.02. The van der Waals surface area contributed by atoms with Crippen LogP contribution >= 0.6 is 0 Å². The number of nitrogens with one attached hydrogen (secondary N) is 1. The summed E-state index contributed by atoms with van der Waals surface area (Å²) in [5, 5.41) is 54.1. The maximum absolute atomic E-state index is 13.0. The van der Waals surface area contributed by atoms with E-state index in [1.807, 2.05) is 6.08 Å². The lowest BCUT2D eigenvalue weighted by Crippen LogP contribution is -2.60. The number of carbonyl (C=O) groups is 1. The van der Waals surface area contributed by atoms with Crippen LogP contribution in [0.1, 0.15) is 155 Å². The Morgan fingerprint density at radius 2 is 0.887 bits per heavy atom. The van der Waals surface area contributed by atoms with Gasteiger partial charge in [-0.1, -0.05) is 197 Å². The van der Waals surface area contributed by atoms with Crippen molar-refractivity contribution in [2.24, 2.45) is 0 Å². The fraction of sp³-hybridized carbons (Fsp3) is 0.532. The van der Waals surface area contributed by atoms with Crippen molar-refractivity contribution in [2.45, 2.75) is 198 Å². The summed E-state index contributed by atoms with van der Waals surface area (Å²) >= 11 is 0. The molecule has 0 aliphatic carbocycles. The van der Waals surface area contributed by atoms with Gasteiger partial charge in [-0.05, 0) is 122 Å². The van der Waals surface area contributed by atoms with Crippen molar-refractivity contribution >= 4 is 5.91 Å². The van der Waals surface area contributed by atoms with Crippen LogP contribution in [0.25, 0.3) is 0 Å². The molecule has 1 heterocycles. The lowest BCUT2D eigenvalue weighted by atomic mass is 9.99. The molecule has 1 rings (SSSR count). The molecule has 396 valence electrons. The molecule has 7 atom stereocenters. The van der Waals surface area contributed by atoms with E-state index in [2.05, 4.69) is 177 Å². The maximum Gasteiger partial charge on any atom is 0.220 e. The highest BCUT2D eigenvalue weighted by Gasteiger charge is 2.44. The van der Waals surface area contributed by atoms with E-state index in [9.17, 15) is 30.3 Å². The molecule has 0 aromatic rings. The van der Waals surface area contributed by atoms with Gasteiger partial charge < -0.3 is 40.3 Å². The van der Waals surface area contributed by atoms with Crippen molar-refractivity contribution in [1.82, 2.24) is 5.32 Å². The van der Waals surface area contributed by atoms with Crippen LogP contribution in [0.4, 0.5) is 0 Å². The second kappa shape index (κ2) is 49.1. The van der Waals surface area contributed by atoms with Gasteiger partial charge in [-0.3, -0.25) is 4.79 Å². The molecule has 0 saturated carbocycles. The molecule has 7 unspecified atom stereocenters. The van der Waals surface area contributed by atoms with Crippen LogP contribution in [0.3, 0.4) is 0 Å². The van der Waals surface area contributed by atoms with E-state index >= 15 is 0 Å². The fourth-order valence-electron chi connectivity index (χ4n) is 7.02. The van der Waals surface area contributed by atoms with Gasteiger partial charge in [0, 0.05) is 6.42 Å². The van der Waals surface area contributed by atoms with E-state index in [0.29, 0.717) is 12.8 Å². The van der Waals surface area contributed by atoms with Crippen LogP contribution < -0.4 is 5.32 Å². The molecule has 6 N–H and O–H groups in total. The van der Waals surface area contributed by atoms with Crippen molar-refractivity contribution in [3.8, 4) is 0 Å². The van der Waals surface area contributed by atoms with Gasteiger partial charge in [0.2, 0.25) is 5.91 Å². The number of hydrogen-bond acceptors (Lipinski definition) is 8. The van der Waals surface area contributed by atoms with Crippen molar-refractivity contribution in [2.75, 3.05) is 13.2 Å². The SMILES string of the molecule is CC/C=C\C/C=C\C/C=C\C/C=C\C/C=C\C/C=C\C/C=C\C/C=C\C/C=C\C/C=C\C/C=C\CCCCCC(=O)NC(COC1OC(CO)C(O)C(O)C1O)C(O)/C=C/CC/C=C/CC/C=C/CCC. The van der Waals surface area contributed by atoms with Gasteiger partial charge in [-0.25, -0.2) is 0 Å². The third-order valence-corrected chi connectivity index (χ3v) is 11.2. The average Bonchev–Trinajstić information content (AvgIpc) is 3.37. The van der Waals surface area contributed by atoms with Crippen molar-refractivity contribution < 1.29 is 39.8 Å². The Bertz CT molecular complexity index is 1710. The third-order valence-electron chi connectivity index (χ3n) is 11.2. The number of allylic oxidation sites excluding steroid dienone is 27. The van der Waals surface area contributed by atoms with Crippen LogP contribution in [0.5, 0.6) is 0 Å². The molecule has 0 aromatic heterocycles. The molecule has 9 nitrogen and oxygen atoms in total. The first-order valence-corrected chi connectivity index (χ1v) is 26.9. The second-order valence-electron chi connectivity index (χ2n) is 17.6. The highest BCUT2D eigenvalue weighted by Crippen LogP contribution is 2.22. The highest BCUT2D eigenvalue weighted by atomic mass is 16.7. The van der Waals surface area contributed by atoms with E-state index in [4.69, 9.17) is 9.47 Å². The number of carbonyl (C=O) groups excluding carboxylic acids is 1. The topological polar surface area (TPSA) is 149 Å². The molecule has 1 aliphatic rings. The van der Waals surface area contributed by atoms with E-state index in [1.54, 1.807) is 6.08 Å². The zero-order chi connectivity index (χ0) is 51.5. The highest BCUT2D eigenvalue weighted by molar-refractivity contribution is 5.76. The molecular formula is C62H95NO8. The summed E-state index contributed by atoms with van der Waals surface area (Å²) < 4.78 is 11.2. The van der Waals surface area contributed by atoms with Crippen LogP contribution in [0, 0.1) is 0 Å². The smallest absolute Gasteiger partial charge is 0.220 e. The number of ether oxygens (including phenoxy) is 2. The Labute approximate surface area is 430 Å².